The van der Waals surface area contributed by atoms with Crippen molar-refractivity contribution >= 4 is 11.9 Å². The van der Waals surface area contributed by atoms with Crippen molar-refractivity contribution in [2.24, 2.45) is 0 Å². The van der Waals surface area contributed by atoms with E-state index in [9.17, 15) is 14.7 Å². The molecule has 1 unspecified atom stereocenters. The van der Waals surface area contributed by atoms with Crippen LogP contribution in [0, 0.1) is 0 Å². The van der Waals surface area contributed by atoms with Crippen LogP contribution in [0.15, 0.2) is 54.6 Å². The Morgan fingerprint density at radius 2 is 1.75 bits per heavy atom. The van der Waals surface area contributed by atoms with Crippen LogP contribution >= 0.6 is 0 Å². The lowest BCUT2D eigenvalue weighted by atomic mass is 10.0. The molecule has 0 radical (unpaired) electrons. The van der Waals surface area contributed by atoms with Gasteiger partial charge in [-0.3, -0.25) is 4.79 Å². The third kappa shape index (κ3) is 3.65. The van der Waals surface area contributed by atoms with Gasteiger partial charge in [0.25, 0.3) is 0 Å². The van der Waals surface area contributed by atoms with Crippen LogP contribution in [0.3, 0.4) is 0 Å². The number of benzene rings is 2. The smallest absolute Gasteiger partial charge is 0.335 e. The number of rotatable bonds is 5. The van der Waals surface area contributed by atoms with Crippen LogP contribution in [-0.2, 0) is 17.6 Å². The van der Waals surface area contributed by atoms with Gasteiger partial charge in [-0.15, -0.1) is 0 Å². The van der Waals surface area contributed by atoms with Crippen LogP contribution in [0.25, 0.3) is 0 Å². The number of amides is 1. The van der Waals surface area contributed by atoms with Gasteiger partial charge in [0, 0.05) is 12.6 Å². The molecule has 0 aliphatic carbocycles. The zero-order chi connectivity index (χ0) is 16.9. The summed E-state index contributed by atoms with van der Waals surface area (Å²) in [5.74, 6) is -0.970. The first-order valence-corrected chi connectivity index (χ1v) is 8.30. The molecule has 1 amide bonds. The minimum atomic E-state index is -0.986. The Balaban J connectivity index is 1.71. The van der Waals surface area contributed by atoms with Crippen molar-refractivity contribution in [3.8, 4) is 0 Å². The number of carbonyl (C=O) groups excluding carboxylic acids is 1. The summed E-state index contributed by atoms with van der Waals surface area (Å²) in [6, 6.07) is 17.1. The third-order valence-electron chi connectivity index (χ3n) is 4.60. The van der Waals surface area contributed by atoms with E-state index in [-0.39, 0.29) is 23.9 Å². The molecule has 1 N–H and O–H groups in total. The Morgan fingerprint density at radius 3 is 2.50 bits per heavy atom. The van der Waals surface area contributed by atoms with Gasteiger partial charge in [0.15, 0.2) is 0 Å². The van der Waals surface area contributed by atoms with Crippen LogP contribution in [0.5, 0.6) is 0 Å². The lowest BCUT2D eigenvalue weighted by Crippen LogP contribution is -2.38. The number of nitrogens with zero attached hydrogens (tertiary/aromatic N) is 1. The van der Waals surface area contributed by atoms with E-state index in [1.807, 2.05) is 23.1 Å². The van der Waals surface area contributed by atoms with Gasteiger partial charge in [-0.2, -0.15) is 0 Å². The molecule has 24 heavy (non-hydrogen) atoms. The SMILES string of the molecule is O=C(O)c1ccccc1CC(=O)N1CCCC1Cc1ccccc1. The van der Waals surface area contributed by atoms with E-state index in [2.05, 4.69) is 12.1 Å². The number of carboxylic acids is 1. The van der Waals surface area contributed by atoms with Crippen molar-refractivity contribution in [1.29, 1.82) is 0 Å². The molecule has 0 spiro atoms. The highest BCUT2D eigenvalue weighted by Gasteiger charge is 2.29. The topological polar surface area (TPSA) is 57.6 Å². The van der Waals surface area contributed by atoms with E-state index in [1.165, 1.54) is 5.56 Å². The highest BCUT2D eigenvalue weighted by Crippen LogP contribution is 2.23. The molecule has 0 bridgehead atoms. The average Bonchev–Trinajstić information content (AvgIpc) is 3.04. The van der Waals surface area contributed by atoms with E-state index < -0.39 is 5.97 Å². The van der Waals surface area contributed by atoms with E-state index >= 15 is 0 Å². The van der Waals surface area contributed by atoms with Crippen LogP contribution < -0.4 is 0 Å². The van der Waals surface area contributed by atoms with Crippen molar-refractivity contribution in [3.63, 3.8) is 0 Å². The summed E-state index contributed by atoms with van der Waals surface area (Å²) < 4.78 is 0. The van der Waals surface area contributed by atoms with Crippen molar-refractivity contribution < 1.29 is 14.7 Å². The second kappa shape index (κ2) is 7.30. The number of hydrogen-bond acceptors (Lipinski definition) is 2. The molecule has 0 saturated carbocycles. The first kappa shape index (κ1) is 16.2. The van der Waals surface area contributed by atoms with Crippen molar-refractivity contribution in [1.82, 2.24) is 4.90 Å². The van der Waals surface area contributed by atoms with Crippen LogP contribution in [-0.4, -0.2) is 34.5 Å². The standard InChI is InChI=1S/C20H21NO3/c22-19(14-16-9-4-5-11-18(16)20(23)24)21-12-6-10-17(21)13-15-7-2-1-3-8-15/h1-5,7-9,11,17H,6,10,12-14H2,(H,23,24). The molecular weight excluding hydrogens is 302 g/mol. The maximum absolute atomic E-state index is 12.7. The first-order chi connectivity index (χ1) is 11.6. The molecule has 2 aromatic carbocycles. The largest absolute Gasteiger partial charge is 0.478 e. The second-order valence-corrected chi connectivity index (χ2v) is 6.21. The molecule has 3 rings (SSSR count). The molecule has 0 aromatic heterocycles. The molecule has 4 heteroatoms. The Labute approximate surface area is 141 Å². The lowest BCUT2D eigenvalue weighted by Gasteiger charge is -2.25. The highest BCUT2D eigenvalue weighted by molar-refractivity contribution is 5.91. The molecule has 1 saturated heterocycles. The normalized spacial score (nSPS) is 17.0. The van der Waals surface area contributed by atoms with Gasteiger partial charge in [-0.05, 0) is 36.5 Å². The second-order valence-electron chi connectivity index (χ2n) is 6.21. The maximum atomic E-state index is 12.7. The number of hydrogen-bond donors (Lipinski definition) is 1. The number of carboxylic acid groups (broad SMARTS) is 1. The van der Waals surface area contributed by atoms with Gasteiger partial charge in [0.2, 0.25) is 5.91 Å². The Kier molecular flexibility index (Phi) is 4.94. The Bertz CT molecular complexity index is 727. The van der Waals surface area contributed by atoms with Crippen molar-refractivity contribution in [2.75, 3.05) is 6.54 Å². The summed E-state index contributed by atoms with van der Waals surface area (Å²) in [6.07, 6.45) is 3.01. The zero-order valence-electron chi connectivity index (χ0n) is 13.5. The van der Waals surface area contributed by atoms with Crippen molar-refractivity contribution in [2.45, 2.75) is 31.7 Å². The predicted molar refractivity (Wildman–Crippen MR) is 92.0 cm³/mol. The molecular formula is C20H21NO3. The predicted octanol–water partition coefficient (Wildman–Crippen LogP) is 3.16. The maximum Gasteiger partial charge on any atom is 0.335 e. The third-order valence-corrected chi connectivity index (χ3v) is 4.60. The summed E-state index contributed by atoms with van der Waals surface area (Å²) in [4.78, 5) is 26.0. The quantitative estimate of drug-likeness (QED) is 0.919. The molecule has 1 heterocycles. The molecule has 2 aromatic rings. The van der Waals surface area contributed by atoms with E-state index in [1.54, 1.807) is 24.3 Å². The number of carbonyl (C=O) groups is 2. The number of aromatic carboxylic acids is 1. The van der Waals surface area contributed by atoms with Gasteiger partial charge in [0.05, 0.1) is 12.0 Å². The van der Waals surface area contributed by atoms with Crippen LogP contribution in [0.2, 0.25) is 0 Å². The number of likely N-dealkylation sites (tertiary alicyclic amines) is 1. The van der Waals surface area contributed by atoms with Gasteiger partial charge in [-0.1, -0.05) is 48.5 Å². The molecule has 1 aliphatic rings. The van der Waals surface area contributed by atoms with Gasteiger partial charge < -0.3 is 10.0 Å². The summed E-state index contributed by atoms with van der Waals surface area (Å²) >= 11 is 0. The van der Waals surface area contributed by atoms with Gasteiger partial charge in [-0.25, -0.2) is 4.79 Å². The molecule has 1 atom stereocenters. The summed E-state index contributed by atoms with van der Waals surface area (Å²) in [5.41, 5.74) is 2.03. The first-order valence-electron chi connectivity index (χ1n) is 8.30. The molecule has 1 aliphatic heterocycles. The van der Waals surface area contributed by atoms with Crippen LogP contribution in [0.1, 0.15) is 34.3 Å². The van der Waals surface area contributed by atoms with E-state index in [0.29, 0.717) is 5.56 Å². The molecule has 124 valence electrons. The van der Waals surface area contributed by atoms with Crippen molar-refractivity contribution in [3.05, 3.63) is 71.3 Å². The summed E-state index contributed by atoms with van der Waals surface area (Å²) in [7, 11) is 0. The highest BCUT2D eigenvalue weighted by atomic mass is 16.4. The zero-order valence-corrected chi connectivity index (χ0v) is 13.5. The fraction of sp³-hybridized carbons (Fsp3) is 0.300. The fourth-order valence-corrected chi connectivity index (χ4v) is 3.41. The molecule has 4 nitrogen and oxygen atoms in total. The molecule has 1 fully saturated rings. The van der Waals surface area contributed by atoms with E-state index in [0.717, 1.165) is 25.8 Å². The summed E-state index contributed by atoms with van der Waals surface area (Å²) in [5, 5.41) is 9.27. The van der Waals surface area contributed by atoms with E-state index in [4.69, 9.17) is 0 Å². The fourth-order valence-electron chi connectivity index (χ4n) is 3.41. The Hall–Kier alpha value is -2.62. The monoisotopic (exact) mass is 323 g/mol. The van der Waals surface area contributed by atoms with Gasteiger partial charge >= 0.3 is 5.97 Å². The van der Waals surface area contributed by atoms with Crippen LogP contribution in [0.4, 0.5) is 0 Å². The average molecular weight is 323 g/mol. The lowest BCUT2D eigenvalue weighted by molar-refractivity contribution is -0.131. The van der Waals surface area contributed by atoms with Gasteiger partial charge in [0.1, 0.15) is 0 Å². The summed E-state index contributed by atoms with van der Waals surface area (Å²) in [6.45, 7) is 0.756. The minimum Gasteiger partial charge on any atom is -0.478 e. The minimum absolute atomic E-state index is 0.0159. The Morgan fingerprint density at radius 1 is 1.04 bits per heavy atom.